The highest BCUT2D eigenvalue weighted by Gasteiger charge is 2.32. The van der Waals surface area contributed by atoms with Crippen LogP contribution in [0.2, 0.25) is 0 Å². The second kappa shape index (κ2) is 12.6. The van der Waals surface area contributed by atoms with Gasteiger partial charge in [-0.25, -0.2) is 9.98 Å². The molecule has 1 unspecified atom stereocenters. The Bertz CT molecular complexity index is 929. The molecule has 1 amide bonds. The molecule has 1 heterocycles. The molecule has 0 aliphatic heterocycles. The molecule has 15 heteroatoms. The molecule has 9 nitrogen and oxygen atoms in total. The van der Waals surface area contributed by atoms with Crippen molar-refractivity contribution in [2.45, 2.75) is 32.0 Å². The molecule has 0 spiro atoms. The third-order valence-electron chi connectivity index (χ3n) is 4.04. The summed E-state index contributed by atoms with van der Waals surface area (Å²) in [6, 6.07) is 1.96. The summed E-state index contributed by atoms with van der Waals surface area (Å²) in [5.74, 6) is -1.98. The minimum absolute atomic E-state index is 0.0266. The topological polar surface area (TPSA) is 94.5 Å². The molecule has 2 N–H and O–H groups in total. The molecule has 35 heavy (non-hydrogen) atoms. The highest BCUT2D eigenvalue weighted by molar-refractivity contribution is 5.96. The zero-order valence-electron chi connectivity index (χ0n) is 19.1. The molecule has 1 atom stereocenters. The van der Waals surface area contributed by atoms with Crippen molar-refractivity contribution in [1.82, 2.24) is 20.5 Å². The number of guanidine groups is 1. The van der Waals surface area contributed by atoms with Crippen molar-refractivity contribution in [2.24, 2.45) is 9.98 Å². The van der Waals surface area contributed by atoms with E-state index in [0.717, 1.165) is 30.2 Å². The number of alkyl halides is 6. The van der Waals surface area contributed by atoms with Crippen molar-refractivity contribution in [3.05, 3.63) is 43.4 Å². The summed E-state index contributed by atoms with van der Waals surface area (Å²) in [6.45, 7) is 6.85. The number of nitrogens with one attached hydrogen (secondary N) is 2. The van der Waals surface area contributed by atoms with E-state index in [1.54, 1.807) is 0 Å². The van der Waals surface area contributed by atoms with Gasteiger partial charge in [-0.15, -0.1) is 19.8 Å². The van der Waals surface area contributed by atoms with Gasteiger partial charge < -0.3 is 20.3 Å². The van der Waals surface area contributed by atoms with Crippen LogP contribution < -0.4 is 20.3 Å². The van der Waals surface area contributed by atoms with Gasteiger partial charge in [0.15, 0.2) is 0 Å². The SMILES string of the molecule is C=CCC(NC=NC)N(C)C(=NCC(F)(F)F)NC(=C)N(C(C)=O)c1ccc(OC(F)(F)F)nc1. The molecule has 1 aromatic heterocycles. The number of ether oxygens (including phenoxy) is 1. The van der Waals surface area contributed by atoms with Crippen LogP contribution >= 0.6 is 0 Å². The Labute approximate surface area is 197 Å². The summed E-state index contributed by atoms with van der Waals surface area (Å²) in [6.07, 6.45) is -6.19. The number of hydrogen-bond acceptors (Lipinski definition) is 5. The number of hydrogen-bond donors (Lipinski definition) is 2. The fraction of sp³-hybridized carbons (Fsp3) is 0.400. The zero-order chi connectivity index (χ0) is 26.8. The van der Waals surface area contributed by atoms with Crippen LogP contribution in [0.15, 0.2) is 53.4 Å². The number of amides is 1. The molecule has 0 radical (unpaired) electrons. The van der Waals surface area contributed by atoms with E-state index in [4.69, 9.17) is 0 Å². The van der Waals surface area contributed by atoms with E-state index in [2.05, 4.69) is 43.5 Å². The average molecular weight is 509 g/mol. The average Bonchev–Trinajstić information content (AvgIpc) is 2.73. The Balaban J connectivity index is 3.26. The number of rotatable bonds is 10. The minimum Gasteiger partial charge on any atom is -0.388 e. The lowest BCUT2D eigenvalue weighted by atomic mass is 10.3. The smallest absolute Gasteiger partial charge is 0.388 e. The van der Waals surface area contributed by atoms with Crippen LogP contribution in [0.25, 0.3) is 0 Å². The number of nitrogens with zero attached hydrogens (tertiary/aromatic N) is 5. The van der Waals surface area contributed by atoms with Gasteiger partial charge >= 0.3 is 12.5 Å². The van der Waals surface area contributed by atoms with Gasteiger partial charge in [0.25, 0.3) is 0 Å². The summed E-state index contributed by atoms with van der Waals surface area (Å²) >= 11 is 0. The van der Waals surface area contributed by atoms with Crippen LogP contribution in [0.5, 0.6) is 5.88 Å². The van der Waals surface area contributed by atoms with Crippen molar-refractivity contribution in [2.75, 3.05) is 25.5 Å². The summed E-state index contributed by atoms with van der Waals surface area (Å²) in [7, 11) is 2.92. The second-order valence-electron chi connectivity index (χ2n) is 6.79. The molecule has 0 aliphatic carbocycles. The Hall–Kier alpha value is -3.78. The highest BCUT2D eigenvalue weighted by atomic mass is 19.4. The van der Waals surface area contributed by atoms with Crippen LogP contribution in [0, 0.1) is 0 Å². The van der Waals surface area contributed by atoms with Crippen molar-refractivity contribution < 1.29 is 35.9 Å². The lowest BCUT2D eigenvalue weighted by Crippen LogP contribution is -2.52. The summed E-state index contributed by atoms with van der Waals surface area (Å²) in [5.41, 5.74) is -0.0266. The zero-order valence-corrected chi connectivity index (χ0v) is 19.1. The summed E-state index contributed by atoms with van der Waals surface area (Å²) in [4.78, 5) is 25.3. The first-order valence-corrected chi connectivity index (χ1v) is 9.78. The quantitative estimate of drug-likeness (QED) is 0.165. The van der Waals surface area contributed by atoms with Gasteiger partial charge in [0, 0.05) is 33.5 Å². The standard InChI is InChI=1S/C20H25F6N7O2/c1-6-7-16(30-12-27-4)32(5)18(29-11-19(21,22)23)31-13(2)33(14(3)34)15-8-9-17(28-10-15)35-20(24,25)26/h6,8-10,12,16H,1-2,7,11H2,3-5H3,(H,27,30)(H,29,31). The molecule has 194 valence electrons. The van der Waals surface area contributed by atoms with E-state index in [1.165, 1.54) is 31.4 Å². The molecule has 0 bridgehead atoms. The maximum absolute atomic E-state index is 12.9. The van der Waals surface area contributed by atoms with Crippen molar-refractivity contribution in [3.63, 3.8) is 0 Å². The third-order valence-corrected chi connectivity index (χ3v) is 4.04. The van der Waals surface area contributed by atoms with Crippen LogP contribution in [-0.2, 0) is 4.79 Å². The van der Waals surface area contributed by atoms with Crippen LogP contribution in [0.1, 0.15) is 13.3 Å². The Morgan fingerprint density at radius 3 is 2.40 bits per heavy atom. The van der Waals surface area contributed by atoms with Gasteiger partial charge in [-0.1, -0.05) is 12.7 Å². The van der Waals surface area contributed by atoms with E-state index in [1.807, 2.05) is 0 Å². The molecular weight excluding hydrogens is 484 g/mol. The first kappa shape index (κ1) is 29.3. The maximum Gasteiger partial charge on any atom is 0.574 e. The Morgan fingerprint density at radius 1 is 1.29 bits per heavy atom. The second-order valence-corrected chi connectivity index (χ2v) is 6.79. The monoisotopic (exact) mass is 509 g/mol. The largest absolute Gasteiger partial charge is 0.574 e. The van der Waals surface area contributed by atoms with Crippen LogP contribution in [0.4, 0.5) is 32.0 Å². The molecule has 1 rings (SSSR count). The Morgan fingerprint density at radius 2 is 1.94 bits per heavy atom. The van der Waals surface area contributed by atoms with Crippen molar-refractivity contribution in [3.8, 4) is 5.88 Å². The van der Waals surface area contributed by atoms with Gasteiger partial charge in [-0.3, -0.25) is 14.7 Å². The third kappa shape index (κ3) is 10.4. The number of anilines is 1. The predicted octanol–water partition coefficient (Wildman–Crippen LogP) is 3.39. The molecule has 0 saturated heterocycles. The fourth-order valence-electron chi connectivity index (χ4n) is 2.60. The molecular formula is C20H25F6N7O2. The highest BCUT2D eigenvalue weighted by Crippen LogP contribution is 2.24. The van der Waals surface area contributed by atoms with Gasteiger partial charge in [0.05, 0.1) is 18.2 Å². The minimum atomic E-state index is -4.97. The first-order chi connectivity index (χ1) is 16.2. The van der Waals surface area contributed by atoms with E-state index in [9.17, 15) is 31.1 Å². The normalized spacial score (nSPS) is 13.2. The first-order valence-electron chi connectivity index (χ1n) is 9.78. The maximum atomic E-state index is 12.9. The molecule has 0 aliphatic rings. The molecule has 0 aromatic carbocycles. The van der Waals surface area contributed by atoms with Crippen LogP contribution in [-0.4, -0.2) is 67.4 Å². The van der Waals surface area contributed by atoms with Gasteiger partial charge in [0.1, 0.15) is 18.5 Å². The van der Waals surface area contributed by atoms with E-state index >= 15 is 0 Å². The number of aliphatic imine (C=N–C) groups is 2. The van der Waals surface area contributed by atoms with Crippen molar-refractivity contribution >= 4 is 23.9 Å². The van der Waals surface area contributed by atoms with Gasteiger partial charge in [-0.05, 0) is 6.07 Å². The number of aromatic nitrogens is 1. The predicted molar refractivity (Wildman–Crippen MR) is 119 cm³/mol. The molecule has 0 fully saturated rings. The Kier molecular flexibility index (Phi) is 10.5. The number of carbonyl (C=O) groups excluding carboxylic acids is 1. The lowest BCUT2D eigenvalue weighted by Gasteiger charge is -2.33. The molecule has 0 saturated carbocycles. The number of halogens is 6. The van der Waals surface area contributed by atoms with E-state index in [-0.39, 0.29) is 23.9 Å². The summed E-state index contributed by atoms with van der Waals surface area (Å²) < 4.78 is 79.4. The van der Waals surface area contributed by atoms with Crippen molar-refractivity contribution in [1.29, 1.82) is 0 Å². The number of pyridine rings is 1. The van der Waals surface area contributed by atoms with E-state index < -0.39 is 37.0 Å². The van der Waals surface area contributed by atoms with Gasteiger partial charge in [-0.2, -0.15) is 13.2 Å². The molecule has 1 aromatic rings. The van der Waals surface area contributed by atoms with E-state index in [0.29, 0.717) is 0 Å². The fourth-order valence-corrected chi connectivity index (χ4v) is 2.60. The van der Waals surface area contributed by atoms with Crippen LogP contribution in [0.3, 0.4) is 0 Å². The lowest BCUT2D eigenvalue weighted by molar-refractivity contribution is -0.276. The number of carbonyl (C=O) groups is 1. The van der Waals surface area contributed by atoms with Gasteiger partial charge in [0.2, 0.25) is 17.7 Å². The summed E-state index contributed by atoms with van der Waals surface area (Å²) in [5, 5.41) is 5.43.